The van der Waals surface area contributed by atoms with E-state index in [0.29, 0.717) is 41.4 Å². The van der Waals surface area contributed by atoms with Crippen LogP contribution in [-0.2, 0) is 28.7 Å². The van der Waals surface area contributed by atoms with Gasteiger partial charge >= 0.3 is 5.97 Å². The van der Waals surface area contributed by atoms with Gasteiger partial charge in [-0.1, -0.05) is 58.4 Å². The van der Waals surface area contributed by atoms with Crippen molar-refractivity contribution in [2.45, 2.75) is 82.8 Å². The first-order chi connectivity index (χ1) is 25.1. The number of anilines is 2. The molecule has 6 rings (SSSR count). The van der Waals surface area contributed by atoms with Crippen molar-refractivity contribution in [1.29, 1.82) is 0 Å². The van der Waals surface area contributed by atoms with Gasteiger partial charge in [0.2, 0.25) is 11.8 Å². The number of nitrogens with zero attached hydrogens (tertiary/aromatic N) is 3. The number of rotatable bonds is 10. The number of likely N-dealkylation sites (tertiary alicyclic amines) is 1. The highest BCUT2D eigenvalue weighted by molar-refractivity contribution is 9.11. The number of halogens is 1. The molecule has 0 radical (unpaired) electrons. The van der Waals surface area contributed by atoms with Crippen LogP contribution in [0.3, 0.4) is 0 Å². The summed E-state index contributed by atoms with van der Waals surface area (Å²) in [6, 6.07) is 15.4. The fourth-order valence-corrected chi connectivity index (χ4v) is 8.93. The summed E-state index contributed by atoms with van der Waals surface area (Å²) in [5.41, 5.74) is 0.966. The molecule has 4 aliphatic rings. The van der Waals surface area contributed by atoms with E-state index in [2.05, 4.69) is 40.0 Å². The summed E-state index contributed by atoms with van der Waals surface area (Å²) in [6.45, 7) is 8.14. The molecule has 52 heavy (non-hydrogen) atoms. The van der Waals surface area contributed by atoms with Crippen LogP contribution in [0.4, 0.5) is 11.4 Å². The van der Waals surface area contributed by atoms with Crippen molar-refractivity contribution in [2.24, 2.45) is 11.8 Å². The second-order valence-electron chi connectivity index (χ2n) is 13.9. The summed E-state index contributed by atoms with van der Waals surface area (Å²) >= 11 is 3.64. The number of ether oxygens (including phenoxy) is 2. The molecule has 11 nitrogen and oxygen atoms in total. The molecule has 0 saturated carbocycles. The molecular weight excluding hydrogens is 728 g/mol. The quantitative estimate of drug-likeness (QED) is 0.195. The van der Waals surface area contributed by atoms with Gasteiger partial charge in [0.05, 0.1) is 12.0 Å². The maximum Gasteiger partial charge on any atom is 0.313 e. The molecule has 0 aliphatic carbocycles. The Balaban J connectivity index is 1.44. The number of hydrogen-bond acceptors (Lipinski definition) is 8. The van der Waals surface area contributed by atoms with E-state index in [1.165, 1.54) is 0 Å². The number of amides is 3. The van der Waals surface area contributed by atoms with Gasteiger partial charge in [-0.05, 0) is 82.4 Å². The predicted octanol–water partition coefficient (Wildman–Crippen LogP) is 5.04. The molecule has 0 aromatic heterocycles. The van der Waals surface area contributed by atoms with E-state index in [4.69, 9.17) is 9.47 Å². The van der Waals surface area contributed by atoms with Crippen LogP contribution < -0.4 is 15.1 Å². The smallest absolute Gasteiger partial charge is 0.313 e. The molecule has 2 aromatic carbocycles. The van der Waals surface area contributed by atoms with Gasteiger partial charge in [0, 0.05) is 55.1 Å². The highest BCUT2D eigenvalue weighted by Crippen LogP contribution is 2.59. The lowest BCUT2D eigenvalue weighted by atomic mass is 9.74. The summed E-state index contributed by atoms with van der Waals surface area (Å²) in [7, 11) is 0. The van der Waals surface area contributed by atoms with Crippen molar-refractivity contribution in [3.8, 4) is 0 Å². The number of carbonyl (C=O) groups is 4. The molecule has 278 valence electrons. The maximum absolute atomic E-state index is 15.2. The van der Waals surface area contributed by atoms with Crippen molar-refractivity contribution in [3.05, 3.63) is 82.9 Å². The Bertz CT molecular complexity index is 1680. The largest absolute Gasteiger partial charge is 0.455 e. The maximum atomic E-state index is 15.2. The first-order valence-corrected chi connectivity index (χ1v) is 19.3. The lowest BCUT2D eigenvalue weighted by Gasteiger charge is -2.36. The normalized spacial score (nSPS) is 29.8. The molecule has 12 heteroatoms. The van der Waals surface area contributed by atoms with Crippen LogP contribution in [0, 0.1) is 11.8 Å². The summed E-state index contributed by atoms with van der Waals surface area (Å²) < 4.78 is 13.6. The van der Waals surface area contributed by atoms with E-state index in [1.807, 2.05) is 72.8 Å². The number of hydrogen-bond donors (Lipinski definition) is 2. The van der Waals surface area contributed by atoms with Crippen molar-refractivity contribution < 1.29 is 33.8 Å². The van der Waals surface area contributed by atoms with Gasteiger partial charge in [-0.3, -0.25) is 19.2 Å². The van der Waals surface area contributed by atoms with E-state index in [9.17, 15) is 19.5 Å². The average molecular weight is 778 g/mol. The second kappa shape index (κ2) is 16.3. The fraction of sp³-hybridized carbons (Fsp3) is 0.500. The van der Waals surface area contributed by atoms with Crippen LogP contribution >= 0.6 is 15.9 Å². The average Bonchev–Trinajstić information content (AvgIpc) is 3.74. The Hall–Kier alpha value is -4.00. The molecule has 7 atom stereocenters. The van der Waals surface area contributed by atoms with Crippen LogP contribution in [0.25, 0.3) is 0 Å². The number of nitrogens with one attached hydrogen (secondary N) is 1. The molecule has 2 aromatic rings. The molecule has 4 heterocycles. The van der Waals surface area contributed by atoms with E-state index >= 15 is 4.79 Å². The Morgan fingerprint density at radius 2 is 1.67 bits per heavy atom. The second-order valence-corrected chi connectivity index (χ2v) is 14.8. The number of unbranched alkanes of at least 4 members (excludes halogenated alkanes) is 2. The van der Waals surface area contributed by atoms with Gasteiger partial charge in [0.25, 0.3) is 5.91 Å². The van der Waals surface area contributed by atoms with Crippen molar-refractivity contribution >= 4 is 51.0 Å². The van der Waals surface area contributed by atoms with Gasteiger partial charge in [0.15, 0.2) is 0 Å². The number of esters is 1. The molecule has 1 spiro atoms. The van der Waals surface area contributed by atoms with Crippen LogP contribution in [0.5, 0.6) is 0 Å². The van der Waals surface area contributed by atoms with E-state index in [1.54, 1.807) is 16.7 Å². The van der Waals surface area contributed by atoms with Gasteiger partial charge in [-0.25, -0.2) is 0 Å². The number of benzene rings is 2. The van der Waals surface area contributed by atoms with E-state index < -0.39 is 47.7 Å². The van der Waals surface area contributed by atoms with Crippen molar-refractivity contribution in [2.75, 3.05) is 42.6 Å². The topological polar surface area (TPSA) is 129 Å². The molecule has 0 unspecified atom stereocenters. The fourth-order valence-electron chi connectivity index (χ4n) is 8.20. The summed E-state index contributed by atoms with van der Waals surface area (Å²) in [5.74, 6) is -3.53. The first kappa shape index (κ1) is 37.7. The third-order valence-electron chi connectivity index (χ3n) is 10.8. The zero-order valence-electron chi connectivity index (χ0n) is 30.1. The molecule has 3 amide bonds. The van der Waals surface area contributed by atoms with E-state index in [0.717, 1.165) is 18.8 Å². The Morgan fingerprint density at radius 1 is 0.942 bits per heavy atom. The third-order valence-corrected chi connectivity index (χ3v) is 11.4. The minimum Gasteiger partial charge on any atom is -0.455 e. The van der Waals surface area contributed by atoms with Crippen LogP contribution in [-0.4, -0.2) is 90.3 Å². The standard InChI is InChI=1S/C40H49BrN4O7/c1-4-43(5-2)28-18-20-29(21-19-28)44-22-12-7-11-17-31(47)42-26(3)34(27-15-9-6-10-16-27)51-39(50)32-33-37(48)45(23-13-8-14-24-46)36(38(44)49)40(33)25-30(41)35(32)52-40/h6-7,9-10,12,15-16,18-21,25-26,32-36,46H,4-5,8,11,13-14,17,22-24H2,1-3H3,(H,42,47)/b12-7-/t26-,32+,33-,34+,35+,36+,40-/m1/s1. The van der Waals surface area contributed by atoms with Gasteiger partial charge in [0.1, 0.15) is 29.8 Å². The van der Waals surface area contributed by atoms with Crippen molar-refractivity contribution in [3.63, 3.8) is 0 Å². The third kappa shape index (κ3) is 7.17. The van der Waals surface area contributed by atoms with Gasteiger partial charge < -0.3 is 34.6 Å². The highest BCUT2D eigenvalue weighted by Gasteiger charge is 2.75. The molecule has 4 aliphatic heterocycles. The van der Waals surface area contributed by atoms with Crippen LogP contribution in [0.2, 0.25) is 0 Å². The zero-order valence-corrected chi connectivity index (χ0v) is 31.7. The number of allylic oxidation sites excluding steroid dienone is 1. The summed E-state index contributed by atoms with van der Waals surface area (Å²) in [5, 5.41) is 12.5. The molecule has 2 saturated heterocycles. The Morgan fingerprint density at radius 3 is 2.37 bits per heavy atom. The molecular formula is C40H49BrN4O7. The first-order valence-electron chi connectivity index (χ1n) is 18.5. The number of aliphatic hydroxyl groups excluding tert-OH is 1. The number of aliphatic hydroxyl groups is 1. The minimum atomic E-state index is -1.42. The van der Waals surface area contributed by atoms with Gasteiger partial charge in [-0.15, -0.1) is 0 Å². The SMILES string of the molecule is CCN(CC)c1ccc(N2C/C=C\CCC(=O)N[C@H](C)[C@@H](c3ccccc3)OC(=O)[C@@H]3[C@H]4O[C@@]5(C=C4Br)[C@H](C2=O)N(CCCCCO)C(=O)[C@@H]35)cc1. The predicted molar refractivity (Wildman–Crippen MR) is 202 cm³/mol. The van der Waals surface area contributed by atoms with Gasteiger partial charge in [-0.2, -0.15) is 0 Å². The summed E-state index contributed by atoms with van der Waals surface area (Å²) in [6.07, 6.45) is 6.36. The number of cyclic esters (lactones) is 1. The van der Waals surface area contributed by atoms with Crippen molar-refractivity contribution in [1.82, 2.24) is 10.2 Å². The zero-order chi connectivity index (χ0) is 37.0. The Labute approximate surface area is 314 Å². The molecule has 2 fully saturated rings. The minimum absolute atomic E-state index is 0.0301. The molecule has 5 bridgehead atoms. The molecule has 2 N–H and O–H groups in total. The summed E-state index contributed by atoms with van der Waals surface area (Å²) in [4.78, 5) is 62.8. The van der Waals surface area contributed by atoms with Crippen LogP contribution in [0.15, 0.2) is 77.3 Å². The highest BCUT2D eigenvalue weighted by atomic mass is 79.9. The Kier molecular flexibility index (Phi) is 11.9. The number of fused-ring (bicyclic) bond motifs is 2. The number of carbonyl (C=O) groups excluding carboxylic acids is 4. The lowest BCUT2D eigenvalue weighted by molar-refractivity contribution is -0.161. The monoisotopic (exact) mass is 776 g/mol. The lowest BCUT2D eigenvalue weighted by Crippen LogP contribution is -2.56. The van der Waals surface area contributed by atoms with Crippen LogP contribution in [0.1, 0.15) is 64.5 Å². The van der Waals surface area contributed by atoms with E-state index in [-0.39, 0.29) is 43.8 Å².